The summed E-state index contributed by atoms with van der Waals surface area (Å²) in [5.41, 5.74) is 9.83. The molecule has 0 spiro atoms. The minimum Gasteiger partial charge on any atom is -0.493 e. The van der Waals surface area contributed by atoms with E-state index in [2.05, 4.69) is 19.8 Å². The van der Waals surface area contributed by atoms with Crippen molar-refractivity contribution in [3.63, 3.8) is 0 Å². The van der Waals surface area contributed by atoms with Crippen LogP contribution in [0, 0.1) is 13.8 Å². The summed E-state index contributed by atoms with van der Waals surface area (Å²) >= 11 is 0. The Labute approximate surface area is 357 Å². The van der Waals surface area contributed by atoms with E-state index in [1.165, 1.54) is 12.1 Å². The molecule has 0 aliphatic rings. The molecule has 3 N–H and O–H groups in total. The zero-order chi connectivity index (χ0) is 43.8. The van der Waals surface area contributed by atoms with E-state index in [9.17, 15) is 8.42 Å². The molecule has 0 saturated heterocycles. The van der Waals surface area contributed by atoms with Gasteiger partial charge in [0.05, 0.1) is 55.6 Å². The van der Waals surface area contributed by atoms with Crippen molar-refractivity contribution in [1.29, 1.82) is 0 Å². The molecule has 62 heavy (non-hydrogen) atoms. The molecule has 0 atom stereocenters. The molecule has 8 aromatic rings. The van der Waals surface area contributed by atoms with Crippen LogP contribution in [0.2, 0.25) is 0 Å². The predicted molar refractivity (Wildman–Crippen MR) is 235 cm³/mol. The summed E-state index contributed by atoms with van der Waals surface area (Å²) in [6.45, 7) is 3.93. The number of aromatic nitrogens is 3. The summed E-state index contributed by atoms with van der Waals surface area (Å²) in [5.74, 6) is 6.08. The number of sulfonamides is 1. The Bertz CT molecular complexity index is 2910. The zero-order valence-electron chi connectivity index (χ0n) is 34.7. The van der Waals surface area contributed by atoms with Crippen molar-refractivity contribution >= 4 is 43.2 Å². The van der Waals surface area contributed by atoms with Crippen LogP contribution in [-0.2, 0) is 16.6 Å². The van der Waals surface area contributed by atoms with E-state index in [-0.39, 0.29) is 11.5 Å². The molecular weight excluding hydrogens is 815 g/mol. The molecule has 0 aliphatic carbocycles. The quantitative estimate of drug-likeness (QED) is 0.0984. The first kappa shape index (κ1) is 42.4. The van der Waals surface area contributed by atoms with Gasteiger partial charge in [0.2, 0.25) is 0 Å². The molecular formula is C46H43N5O10S. The second kappa shape index (κ2) is 18.7. The summed E-state index contributed by atoms with van der Waals surface area (Å²) in [4.78, 5) is 8.83. The molecule has 3 aromatic heterocycles. The van der Waals surface area contributed by atoms with Gasteiger partial charge in [-0.2, -0.15) is 0 Å². The minimum atomic E-state index is -3.82. The van der Waals surface area contributed by atoms with Gasteiger partial charge in [0.15, 0.2) is 23.0 Å². The first-order chi connectivity index (χ1) is 30.0. The van der Waals surface area contributed by atoms with Crippen LogP contribution in [0.3, 0.4) is 0 Å². The van der Waals surface area contributed by atoms with Crippen molar-refractivity contribution < 1.29 is 46.1 Å². The second-order valence-electron chi connectivity index (χ2n) is 13.5. The molecule has 0 saturated carbocycles. The van der Waals surface area contributed by atoms with Crippen molar-refractivity contribution in [3.8, 4) is 51.7 Å². The number of nitrogen functional groups attached to an aromatic ring is 1. The first-order valence-electron chi connectivity index (χ1n) is 19.0. The van der Waals surface area contributed by atoms with Crippen molar-refractivity contribution in [3.05, 3.63) is 139 Å². The molecule has 16 heteroatoms. The van der Waals surface area contributed by atoms with Crippen LogP contribution in [0.25, 0.3) is 21.8 Å². The fourth-order valence-electron chi connectivity index (χ4n) is 6.25. The number of ether oxygens (including phenoxy) is 7. The normalized spacial score (nSPS) is 11.0. The molecule has 0 aliphatic heterocycles. The van der Waals surface area contributed by atoms with Gasteiger partial charge in [-0.25, -0.2) is 8.42 Å². The Morgan fingerprint density at radius 1 is 0.597 bits per heavy atom. The number of fused-ring (bicyclic) bond motifs is 2. The number of nitrogens with one attached hydrogen (secondary N) is 1. The number of pyridine rings is 2. The summed E-state index contributed by atoms with van der Waals surface area (Å²) in [6, 6.07) is 30.8. The standard InChI is InChI=1S/C29H27N3O7S.C17H16N2O3/c1-18-25(19(2)39-31-18)17-37-21-9-11-23(12-10-21)40(33,34)32-20-5-7-22(8-6-20)38-27-13-14-30-26-16-29(36-4)28(35-3)15-24(26)27;1-20-16-9-13-14(10-17(16)21-2)19-8-7-15(13)22-12-5-3-11(18)4-6-12/h5-16,32H,17H2,1-4H3;3-10H,18H2,1-2H3. The van der Waals surface area contributed by atoms with E-state index in [0.29, 0.717) is 74.4 Å². The molecule has 15 nitrogen and oxygen atoms in total. The Balaban J connectivity index is 0.000000221. The van der Waals surface area contributed by atoms with Crippen LogP contribution in [0.15, 0.2) is 131 Å². The number of nitrogens with zero attached hydrogens (tertiary/aromatic N) is 3. The summed E-state index contributed by atoms with van der Waals surface area (Å²) in [5, 5.41) is 5.49. The molecule has 0 fully saturated rings. The number of anilines is 2. The highest BCUT2D eigenvalue weighted by Gasteiger charge is 2.17. The van der Waals surface area contributed by atoms with Gasteiger partial charge in [0.1, 0.15) is 41.1 Å². The Morgan fingerprint density at radius 2 is 1.06 bits per heavy atom. The monoisotopic (exact) mass is 857 g/mol. The van der Waals surface area contributed by atoms with Crippen LogP contribution < -0.4 is 43.6 Å². The molecule has 0 amide bonds. The van der Waals surface area contributed by atoms with Gasteiger partial charge in [-0.15, -0.1) is 0 Å². The third-order valence-electron chi connectivity index (χ3n) is 9.55. The van der Waals surface area contributed by atoms with Crippen LogP contribution in [0.1, 0.15) is 17.0 Å². The molecule has 3 heterocycles. The average molecular weight is 858 g/mol. The van der Waals surface area contributed by atoms with Gasteiger partial charge in [0.25, 0.3) is 10.0 Å². The molecule has 8 rings (SSSR count). The Morgan fingerprint density at radius 3 is 1.53 bits per heavy atom. The summed E-state index contributed by atoms with van der Waals surface area (Å²) in [7, 11) is 2.49. The minimum absolute atomic E-state index is 0.102. The summed E-state index contributed by atoms with van der Waals surface area (Å²) in [6.07, 6.45) is 3.33. The fourth-order valence-corrected chi connectivity index (χ4v) is 7.30. The van der Waals surface area contributed by atoms with E-state index in [1.54, 1.807) is 108 Å². The van der Waals surface area contributed by atoms with Gasteiger partial charge in [-0.05, 0) is 111 Å². The lowest BCUT2D eigenvalue weighted by Crippen LogP contribution is -2.12. The van der Waals surface area contributed by atoms with Crippen molar-refractivity contribution in [2.45, 2.75) is 25.3 Å². The largest absolute Gasteiger partial charge is 0.493 e. The number of hydrogen-bond acceptors (Lipinski definition) is 14. The smallest absolute Gasteiger partial charge is 0.261 e. The lowest BCUT2D eigenvalue weighted by atomic mass is 10.2. The average Bonchev–Trinajstić information content (AvgIpc) is 3.61. The molecule has 5 aromatic carbocycles. The van der Waals surface area contributed by atoms with Crippen molar-refractivity contribution in [2.75, 3.05) is 38.9 Å². The van der Waals surface area contributed by atoms with Gasteiger partial charge < -0.3 is 43.4 Å². The predicted octanol–water partition coefficient (Wildman–Crippen LogP) is 9.66. The Hall–Kier alpha value is -7.72. The van der Waals surface area contributed by atoms with Gasteiger partial charge in [0, 0.05) is 46.7 Å². The van der Waals surface area contributed by atoms with Crippen LogP contribution in [-0.4, -0.2) is 52.0 Å². The molecule has 0 radical (unpaired) electrons. The topological polar surface area (TPSA) is 189 Å². The molecule has 318 valence electrons. The van der Waals surface area contributed by atoms with Gasteiger partial charge in [-0.1, -0.05) is 5.16 Å². The molecule has 0 unspecified atom stereocenters. The maximum absolute atomic E-state index is 12.9. The van der Waals surface area contributed by atoms with E-state index in [1.807, 2.05) is 44.2 Å². The highest BCUT2D eigenvalue weighted by atomic mass is 32.2. The van der Waals surface area contributed by atoms with E-state index in [4.69, 9.17) is 43.4 Å². The van der Waals surface area contributed by atoms with Crippen LogP contribution >= 0.6 is 0 Å². The molecule has 0 bridgehead atoms. The first-order valence-corrected chi connectivity index (χ1v) is 20.5. The maximum atomic E-state index is 12.9. The van der Waals surface area contributed by atoms with Crippen molar-refractivity contribution in [1.82, 2.24) is 15.1 Å². The highest BCUT2D eigenvalue weighted by Crippen LogP contribution is 2.38. The lowest BCUT2D eigenvalue weighted by Gasteiger charge is -2.13. The Kier molecular flexibility index (Phi) is 12.8. The fraction of sp³-hybridized carbons (Fsp3) is 0.152. The number of benzene rings is 5. The second-order valence-corrected chi connectivity index (χ2v) is 15.2. The van der Waals surface area contributed by atoms with Gasteiger partial charge >= 0.3 is 0 Å². The van der Waals surface area contributed by atoms with Crippen LogP contribution in [0.5, 0.6) is 51.7 Å². The number of aryl methyl sites for hydroxylation is 2. The summed E-state index contributed by atoms with van der Waals surface area (Å²) < 4.78 is 72.8. The van der Waals surface area contributed by atoms with E-state index < -0.39 is 10.0 Å². The van der Waals surface area contributed by atoms with E-state index in [0.717, 1.165) is 27.5 Å². The van der Waals surface area contributed by atoms with Crippen LogP contribution in [0.4, 0.5) is 11.4 Å². The maximum Gasteiger partial charge on any atom is 0.261 e. The number of hydrogen-bond donors (Lipinski definition) is 2. The zero-order valence-corrected chi connectivity index (χ0v) is 35.5. The third kappa shape index (κ3) is 9.66. The lowest BCUT2D eigenvalue weighted by molar-refractivity contribution is 0.301. The number of nitrogens with two attached hydrogens (primary N) is 1. The van der Waals surface area contributed by atoms with E-state index >= 15 is 0 Å². The number of rotatable bonds is 14. The van der Waals surface area contributed by atoms with Crippen molar-refractivity contribution in [2.24, 2.45) is 0 Å². The van der Waals surface area contributed by atoms with Gasteiger partial charge in [-0.3, -0.25) is 14.7 Å². The number of methoxy groups -OCH3 is 4. The third-order valence-corrected chi connectivity index (χ3v) is 11.0. The highest BCUT2D eigenvalue weighted by molar-refractivity contribution is 7.92. The SMILES string of the molecule is COc1cc2nccc(Oc3ccc(N)cc3)c2cc1OC.COc1cc2nccc(Oc3ccc(NS(=O)(=O)c4ccc(OCc5c(C)noc5C)cc4)cc3)c2cc1OC.